The molecule has 0 fully saturated rings. The van der Waals surface area contributed by atoms with Crippen LogP contribution in [-0.4, -0.2) is 25.8 Å². The molecule has 0 aromatic heterocycles. The number of nitro groups is 1. The number of sulfonamides is 1. The second-order valence-corrected chi connectivity index (χ2v) is 7.11. The molecule has 0 saturated carbocycles. The van der Waals surface area contributed by atoms with Crippen LogP contribution >= 0.6 is 11.6 Å². The average molecular weight is 385 g/mol. The topological polar surface area (TPSA) is 136 Å². The van der Waals surface area contributed by atoms with Crippen molar-refractivity contribution in [2.45, 2.75) is 4.90 Å². The van der Waals surface area contributed by atoms with Crippen molar-refractivity contribution in [3.63, 3.8) is 0 Å². The molecule has 0 unspecified atom stereocenters. The number of hydrogen-bond acceptors (Lipinski definition) is 6. The summed E-state index contributed by atoms with van der Waals surface area (Å²) in [4.78, 5) is 21.5. The number of anilines is 1. The van der Waals surface area contributed by atoms with Crippen molar-refractivity contribution < 1.29 is 18.1 Å². The van der Waals surface area contributed by atoms with E-state index in [0.717, 1.165) is 16.4 Å². The molecule has 0 aliphatic heterocycles. The zero-order chi connectivity index (χ0) is 18.6. The van der Waals surface area contributed by atoms with Crippen molar-refractivity contribution in [3.05, 3.63) is 63.7 Å². The van der Waals surface area contributed by atoms with Gasteiger partial charge in [0.2, 0.25) is 0 Å². The summed E-state index contributed by atoms with van der Waals surface area (Å²) in [6, 6.07) is 10.3. The van der Waals surface area contributed by atoms with Gasteiger partial charge in [-0.3, -0.25) is 24.6 Å². The maximum Gasteiger partial charge on any atom is 0.270 e. The zero-order valence-electron chi connectivity index (χ0n) is 12.6. The van der Waals surface area contributed by atoms with Crippen LogP contribution in [0, 0.1) is 10.1 Å². The Morgan fingerprint density at radius 1 is 1.24 bits per heavy atom. The Labute approximate surface area is 148 Å². The van der Waals surface area contributed by atoms with E-state index < -0.39 is 33.1 Å². The van der Waals surface area contributed by atoms with Crippen LogP contribution in [0.4, 0.5) is 11.4 Å². The van der Waals surface area contributed by atoms with Gasteiger partial charge in [0.05, 0.1) is 15.5 Å². The number of hydrogen-bond donors (Lipinski definition) is 2. The van der Waals surface area contributed by atoms with Crippen LogP contribution in [0.15, 0.2) is 53.4 Å². The number of benzene rings is 2. The number of nitrogens with one attached hydrogen (secondary N) is 1. The molecule has 0 atom stereocenters. The van der Waals surface area contributed by atoms with E-state index in [2.05, 4.69) is 0 Å². The molecule has 1 amide bonds. The average Bonchev–Trinajstić information content (AvgIpc) is 2.59. The number of hydrazine groups is 1. The molecule has 0 bridgehead atoms. The molecule has 25 heavy (non-hydrogen) atoms. The standard InChI is InChI=1S/C14H13ClN4O5S/c15-10-3-1-4-11(7-10)18(9-14(20)17-16)25(23,24)13-6-2-5-12(8-13)19(21)22/h1-8H,9,16H2,(H,17,20). The van der Waals surface area contributed by atoms with Crippen molar-refractivity contribution >= 4 is 38.9 Å². The molecular weight excluding hydrogens is 372 g/mol. The molecule has 0 heterocycles. The van der Waals surface area contributed by atoms with E-state index in [4.69, 9.17) is 17.4 Å². The minimum atomic E-state index is -4.28. The predicted molar refractivity (Wildman–Crippen MR) is 91.4 cm³/mol. The molecule has 2 rings (SSSR count). The number of amides is 1. The number of rotatable bonds is 6. The first-order valence-corrected chi connectivity index (χ1v) is 8.59. The Morgan fingerprint density at radius 3 is 2.52 bits per heavy atom. The third-order valence-electron chi connectivity index (χ3n) is 3.16. The van der Waals surface area contributed by atoms with Crippen molar-refractivity contribution in [1.29, 1.82) is 0 Å². The molecular formula is C14H13ClN4O5S. The molecule has 0 aliphatic rings. The molecule has 0 spiro atoms. The van der Waals surface area contributed by atoms with E-state index in [9.17, 15) is 23.3 Å². The summed E-state index contributed by atoms with van der Waals surface area (Å²) in [6.07, 6.45) is 0. The summed E-state index contributed by atoms with van der Waals surface area (Å²) in [5.74, 6) is 4.27. The third kappa shape index (κ3) is 4.24. The van der Waals surface area contributed by atoms with Gasteiger partial charge >= 0.3 is 0 Å². The normalized spacial score (nSPS) is 11.0. The van der Waals surface area contributed by atoms with Crippen LogP contribution in [0.5, 0.6) is 0 Å². The maximum atomic E-state index is 12.9. The van der Waals surface area contributed by atoms with Crippen LogP contribution in [0.25, 0.3) is 0 Å². The highest BCUT2D eigenvalue weighted by atomic mass is 35.5. The lowest BCUT2D eigenvalue weighted by Crippen LogP contribution is -2.43. The quantitative estimate of drug-likeness (QED) is 0.334. The summed E-state index contributed by atoms with van der Waals surface area (Å²) in [5.41, 5.74) is 1.57. The number of nitro benzene ring substituents is 1. The van der Waals surface area contributed by atoms with Gasteiger partial charge in [-0.15, -0.1) is 0 Å². The number of carbonyl (C=O) groups is 1. The van der Waals surface area contributed by atoms with Crippen LogP contribution < -0.4 is 15.6 Å². The van der Waals surface area contributed by atoms with Crippen LogP contribution in [-0.2, 0) is 14.8 Å². The molecule has 2 aromatic carbocycles. The lowest BCUT2D eigenvalue weighted by atomic mass is 10.3. The number of carbonyl (C=O) groups excluding carboxylic acids is 1. The van der Waals surface area contributed by atoms with Gasteiger partial charge in [-0.1, -0.05) is 23.7 Å². The second kappa shape index (κ2) is 7.47. The van der Waals surface area contributed by atoms with Crippen LogP contribution in [0.3, 0.4) is 0 Å². The minimum Gasteiger partial charge on any atom is -0.293 e. The lowest BCUT2D eigenvalue weighted by Gasteiger charge is -2.23. The summed E-state index contributed by atoms with van der Waals surface area (Å²) in [7, 11) is -4.28. The highest BCUT2D eigenvalue weighted by Crippen LogP contribution is 2.27. The number of nitrogens with zero attached hydrogens (tertiary/aromatic N) is 2. The van der Waals surface area contributed by atoms with E-state index in [0.29, 0.717) is 0 Å². The molecule has 3 N–H and O–H groups in total. The van der Waals surface area contributed by atoms with E-state index >= 15 is 0 Å². The fourth-order valence-corrected chi connectivity index (χ4v) is 3.64. The summed E-state index contributed by atoms with van der Waals surface area (Å²) < 4.78 is 26.6. The Balaban J connectivity index is 2.57. The number of halogens is 1. The first kappa shape index (κ1) is 18.6. The van der Waals surface area contributed by atoms with Gasteiger partial charge in [0.25, 0.3) is 21.6 Å². The highest BCUT2D eigenvalue weighted by molar-refractivity contribution is 7.92. The summed E-state index contributed by atoms with van der Waals surface area (Å²) >= 11 is 5.89. The van der Waals surface area contributed by atoms with Gasteiger partial charge in [-0.2, -0.15) is 0 Å². The zero-order valence-corrected chi connectivity index (χ0v) is 14.2. The summed E-state index contributed by atoms with van der Waals surface area (Å²) in [5, 5.41) is 11.1. The van der Waals surface area contributed by atoms with Gasteiger partial charge in [0.1, 0.15) is 6.54 Å². The summed E-state index contributed by atoms with van der Waals surface area (Å²) in [6.45, 7) is -0.623. The largest absolute Gasteiger partial charge is 0.293 e. The first-order chi connectivity index (χ1) is 11.8. The van der Waals surface area contributed by atoms with E-state index in [1.165, 1.54) is 36.4 Å². The van der Waals surface area contributed by atoms with E-state index in [-0.39, 0.29) is 15.6 Å². The third-order valence-corrected chi connectivity index (χ3v) is 5.17. The van der Waals surface area contributed by atoms with Gasteiger partial charge in [-0.25, -0.2) is 14.3 Å². The number of nitrogens with two attached hydrogens (primary N) is 1. The van der Waals surface area contributed by atoms with E-state index in [1.54, 1.807) is 0 Å². The molecule has 11 heteroatoms. The fraction of sp³-hybridized carbons (Fsp3) is 0.0714. The maximum absolute atomic E-state index is 12.9. The molecule has 9 nitrogen and oxygen atoms in total. The number of non-ortho nitro benzene ring substituents is 1. The Hall–Kier alpha value is -2.69. The first-order valence-electron chi connectivity index (χ1n) is 6.78. The molecule has 2 aromatic rings. The van der Waals surface area contributed by atoms with Crippen molar-refractivity contribution in [2.24, 2.45) is 5.84 Å². The molecule has 0 saturated heterocycles. The monoisotopic (exact) mass is 384 g/mol. The van der Waals surface area contributed by atoms with Gasteiger partial charge < -0.3 is 0 Å². The predicted octanol–water partition coefficient (Wildman–Crippen LogP) is 1.43. The van der Waals surface area contributed by atoms with Crippen LogP contribution in [0.2, 0.25) is 5.02 Å². The van der Waals surface area contributed by atoms with Gasteiger partial charge in [0.15, 0.2) is 0 Å². The van der Waals surface area contributed by atoms with Crippen molar-refractivity contribution in [3.8, 4) is 0 Å². The SMILES string of the molecule is NNC(=O)CN(c1cccc(Cl)c1)S(=O)(=O)c1cccc([N+](=O)[O-])c1. The highest BCUT2D eigenvalue weighted by Gasteiger charge is 2.28. The Bertz CT molecular complexity index is 919. The lowest BCUT2D eigenvalue weighted by molar-refractivity contribution is -0.385. The Kier molecular flexibility index (Phi) is 5.57. The van der Waals surface area contributed by atoms with Gasteiger partial charge in [-0.05, 0) is 24.3 Å². The molecule has 0 radical (unpaired) electrons. The van der Waals surface area contributed by atoms with Gasteiger partial charge in [0, 0.05) is 17.2 Å². The Morgan fingerprint density at radius 2 is 1.92 bits per heavy atom. The van der Waals surface area contributed by atoms with E-state index in [1.807, 2.05) is 5.43 Å². The second-order valence-electron chi connectivity index (χ2n) is 4.81. The fourth-order valence-electron chi connectivity index (χ4n) is 2.01. The van der Waals surface area contributed by atoms with Crippen molar-refractivity contribution in [2.75, 3.05) is 10.8 Å². The minimum absolute atomic E-state index is 0.114. The van der Waals surface area contributed by atoms with Crippen LogP contribution in [0.1, 0.15) is 0 Å². The van der Waals surface area contributed by atoms with Crippen molar-refractivity contribution in [1.82, 2.24) is 5.43 Å². The molecule has 132 valence electrons. The molecule has 0 aliphatic carbocycles. The smallest absolute Gasteiger partial charge is 0.270 e.